The molecule has 1 heterocycles. The third-order valence-corrected chi connectivity index (χ3v) is 4.84. The maximum Gasteiger partial charge on any atom is 0.201 e. The fourth-order valence-electron chi connectivity index (χ4n) is 2.86. The molecular weight excluding hydrogens is 249 g/mol. The highest BCUT2D eigenvalue weighted by molar-refractivity contribution is 7.99. The lowest BCUT2D eigenvalue weighted by Gasteiger charge is -2.15. The Kier molecular flexibility index (Phi) is 2.93. The van der Waals surface area contributed by atoms with Gasteiger partial charge in [-0.05, 0) is 37.7 Å². The molecule has 5 heteroatoms. The molecule has 3 nitrogen and oxygen atoms in total. The van der Waals surface area contributed by atoms with E-state index in [-0.39, 0.29) is 11.9 Å². The van der Waals surface area contributed by atoms with Gasteiger partial charge >= 0.3 is 0 Å². The van der Waals surface area contributed by atoms with Crippen LogP contribution in [0.2, 0.25) is 0 Å². The number of para-hydroxylation sites is 1. The molecular formula is C13H16FN3S. The summed E-state index contributed by atoms with van der Waals surface area (Å²) >= 11 is 1.88. The Morgan fingerprint density at radius 2 is 2.28 bits per heavy atom. The first-order chi connectivity index (χ1) is 8.70. The van der Waals surface area contributed by atoms with Crippen molar-refractivity contribution >= 4 is 28.7 Å². The number of nitrogen functional groups attached to an aromatic ring is 1. The van der Waals surface area contributed by atoms with Crippen LogP contribution >= 0.6 is 11.8 Å². The van der Waals surface area contributed by atoms with Gasteiger partial charge in [0, 0.05) is 11.3 Å². The van der Waals surface area contributed by atoms with E-state index < -0.39 is 0 Å². The quantitative estimate of drug-likeness (QED) is 0.906. The average molecular weight is 265 g/mol. The summed E-state index contributed by atoms with van der Waals surface area (Å²) < 4.78 is 15.9. The van der Waals surface area contributed by atoms with E-state index in [1.807, 2.05) is 22.4 Å². The van der Waals surface area contributed by atoms with E-state index in [9.17, 15) is 4.39 Å². The molecule has 2 aromatic rings. The van der Waals surface area contributed by atoms with E-state index in [1.54, 1.807) is 6.07 Å². The third kappa shape index (κ3) is 1.77. The molecule has 0 aliphatic heterocycles. The number of halogens is 1. The lowest BCUT2D eigenvalue weighted by atomic mass is 10.2. The number of hydrogen-bond donors (Lipinski definition) is 1. The number of nitrogens with zero attached hydrogens (tertiary/aromatic N) is 2. The van der Waals surface area contributed by atoms with E-state index >= 15 is 0 Å². The largest absolute Gasteiger partial charge is 0.369 e. The standard InChI is InChI=1S/C13H16FN3S/c1-18-9-6-5-8(7-9)17-12-10(14)3-2-4-11(12)16-13(17)15/h2-4,8-9H,5-7H2,1H3,(H2,15,16). The Morgan fingerprint density at radius 1 is 1.44 bits per heavy atom. The van der Waals surface area contributed by atoms with Gasteiger partial charge in [-0.25, -0.2) is 9.37 Å². The fourth-order valence-corrected chi connectivity index (χ4v) is 3.65. The summed E-state index contributed by atoms with van der Waals surface area (Å²) in [5, 5.41) is 0.652. The Labute approximate surface area is 110 Å². The zero-order valence-electron chi connectivity index (χ0n) is 10.3. The van der Waals surface area contributed by atoms with Crippen LogP contribution in [0.15, 0.2) is 18.2 Å². The molecule has 3 rings (SSSR count). The SMILES string of the molecule is CSC1CCC(n2c(N)nc3cccc(F)c32)C1. The zero-order valence-corrected chi connectivity index (χ0v) is 11.1. The second kappa shape index (κ2) is 4.46. The fraction of sp³-hybridized carbons (Fsp3) is 0.462. The van der Waals surface area contributed by atoms with Crippen LogP contribution in [0.4, 0.5) is 10.3 Å². The number of fused-ring (bicyclic) bond motifs is 1. The zero-order chi connectivity index (χ0) is 12.7. The molecule has 1 fully saturated rings. The monoisotopic (exact) mass is 265 g/mol. The molecule has 1 aliphatic rings. The van der Waals surface area contributed by atoms with E-state index in [1.165, 1.54) is 12.5 Å². The second-order valence-electron chi connectivity index (χ2n) is 4.77. The van der Waals surface area contributed by atoms with Gasteiger partial charge in [-0.2, -0.15) is 11.8 Å². The van der Waals surface area contributed by atoms with Crippen LogP contribution in [0.3, 0.4) is 0 Å². The molecule has 2 N–H and O–H groups in total. The molecule has 96 valence electrons. The van der Waals surface area contributed by atoms with E-state index in [2.05, 4.69) is 11.2 Å². The van der Waals surface area contributed by atoms with E-state index in [4.69, 9.17) is 5.73 Å². The maximum atomic E-state index is 14.0. The van der Waals surface area contributed by atoms with Crippen molar-refractivity contribution < 1.29 is 4.39 Å². The highest BCUT2D eigenvalue weighted by Gasteiger charge is 2.28. The summed E-state index contributed by atoms with van der Waals surface area (Å²) in [5.41, 5.74) is 7.18. The molecule has 2 atom stereocenters. The minimum absolute atomic E-state index is 0.232. The minimum atomic E-state index is -0.232. The van der Waals surface area contributed by atoms with Crippen molar-refractivity contribution in [2.75, 3.05) is 12.0 Å². The van der Waals surface area contributed by atoms with Crippen LogP contribution in [0, 0.1) is 5.82 Å². The Bertz CT molecular complexity index is 581. The summed E-state index contributed by atoms with van der Waals surface area (Å²) in [5.74, 6) is 0.200. The second-order valence-corrected chi connectivity index (χ2v) is 5.91. The van der Waals surface area contributed by atoms with Gasteiger partial charge in [0.25, 0.3) is 0 Å². The van der Waals surface area contributed by atoms with E-state index in [0.29, 0.717) is 22.2 Å². The van der Waals surface area contributed by atoms with Gasteiger partial charge in [0.2, 0.25) is 5.95 Å². The van der Waals surface area contributed by atoms with Crippen molar-refractivity contribution in [2.24, 2.45) is 0 Å². The summed E-state index contributed by atoms with van der Waals surface area (Å²) in [6.45, 7) is 0. The molecule has 1 saturated carbocycles. The normalized spacial score (nSPS) is 23.9. The summed E-state index contributed by atoms with van der Waals surface area (Å²) in [6.07, 6.45) is 5.39. The number of nitrogens with two attached hydrogens (primary N) is 1. The summed E-state index contributed by atoms with van der Waals surface area (Å²) in [7, 11) is 0. The van der Waals surface area contributed by atoms with Crippen LogP contribution in [-0.4, -0.2) is 21.1 Å². The van der Waals surface area contributed by atoms with Gasteiger partial charge in [0.1, 0.15) is 11.3 Å². The van der Waals surface area contributed by atoms with E-state index in [0.717, 1.165) is 12.8 Å². The van der Waals surface area contributed by atoms with Crippen molar-refractivity contribution in [3.8, 4) is 0 Å². The molecule has 0 spiro atoms. The molecule has 0 bridgehead atoms. The number of thioether (sulfide) groups is 1. The van der Waals surface area contributed by atoms with Crippen molar-refractivity contribution in [1.82, 2.24) is 9.55 Å². The topological polar surface area (TPSA) is 43.8 Å². The lowest BCUT2D eigenvalue weighted by Crippen LogP contribution is -2.10. The van der Waals surface area contributed by atoms with Crippen LogP contribution in [0.1, 0.15) is 25.3 Å². The highest BCUT2D eigenvalue weighted by atomic mass is 32.2. The molecule has 1 aromatic heterocycles. The number of rotatable bonds is 2. The van der Waals surface area contributed by atoms with Crippen LogP contribution in [0.5, 0.6) is 0 Å². The third-order valence-electron chi connectivity index (χ3n) is 3.74. The first kappa shape index (κ1) is 11.8. The predicted octanol–water partition coefficient (Wildman–Crippen LogP) is 3.21. The highest BCUT2D eigenvalue weighted by Crippen LogP contribution is 2.39. The smallest absolute Gasteiger partial charge is 0.201 e. The maximum absolute atomic E-state index is 14.0. The lowest BCUT2D eigenvalue weighted by molar-refractivity contribution is 0.529. The molecule has 0 amide bonds. The predicted molar refractivity (Wildman–Crippen MR) is 74.3 cm³/mol. The van der Waals surface area contributed by atoms with Crippen molar-refractivity contribution in [3.63, 3.8) is 0 Å². The first-order valence-corrected chi connectivity index (χ1v) is 7.44. The Hall–Kier alpha value is -1.23. The molecule has 18 heavy (non-hydrogen) atoms. The van der Waals surface area contributed by atoms with Gasteiger partial charge in [0.05, 0.1) is 5.52 Å². The van der Waals surface area contributed by atoms with Gasteiger partial charge in [-0.15, -0.1) is 0 Å². The van der Waals surface area contributed by atoms with Gasteiger partial charge in [-0.1, -0.05) is 6.07 Å². The average Bonchev–Trinajstić information content (AvgIpc) is 2.92. The molecule has 1 aromatic carbocycles. The van der Waals surface area contributed by atoms with Crippen molar-refractivity contribution in [3.05, 3.63) is 24.0 Å². The van der Waals surface area contributed by atoms with Crippen molar-refractivity contribution in [2.45, 2.75) is 30.6 Å². The molecule has 0 radical (unpaired) electrons. The summed E-state index contributed by atoms with van der Waals surface area (Å²) in [6, 6.07) is 5.24. The molecule has 2 unspecified atom stereocenters. The number of anilines is 1. The first-order valence-electron chi connectivity index (χ1n) is 6.15. The Morgan fingerprint density at radius 3 is 3.00 bits per heavy atom. The van der Waals surface area contributed by atoms with Gasteiger partial charge < -0.3 is 10.3 Å². The summed E-state index contributed by atoms with van der Waals surface area (Å²) in [4.78, 5) is 4.26. The Balaban J connectivity index is 2.09. The number of imidazole rings is 1. The van der Waals surface area contributed by atoms with Gasteiger partial charge in [0.15, 0.2) is 0 Å². The number of hydrogen-bond acceptors (Lipinski definition) is 3. The minimum Gasteiger partial charge on any atom is -0.369 e. The number of aromatic nitrogens is 2. The molecule has 1 aliphatic carbocycles. The number of benzene rings is 1. The van der Waals surface area contributed by atoms with Crippen LogP contribution < -0.4 is 5.73 Å². The van der Waals surface area contributed by atoms with Crippen LogP contribution in [-0.2, 0) is 0 Å². The molecule has 0 saturated heterocycles. The van der Waals surface area contributed by atoms with Gasteiger partial charge in [-0.3, -0.25) is 0 Å². The van der Waals surface area contributed by atoms with Crippen LogP contribution in [0.25, 0.3) is 11.0 Å². The van der Waals surface area contributed by atoms with Crippen molar-refractivity contribution in [1.29, 1.82) is 0 Å².